The molecule has 2 aromatic carbocycles. The highest BCUT2D eigenvalue weighted by molar-refractivity contribution is 6.37. The molecule has 1 fully saturated rings. The zero-order valence-corrected chi connectivity index (χ0v) is 17.5. The number of hydrogen-bond donors (Lipinski definition) is 3. The van der Waals surface area contributed by atoms with Crippen LogP contribution in [-0.4, -0.2) is 40.1 Å². The zero-order valence-electron chi connectivity index (χ0n) is 15.9. The summed E-state index contributed by atoms with van der Waals surface area (Å²) in [5, 5.41) is 15.6. The van der Waals surface area contributed by atoms with Crippen LogP contribution >= 0.6 is 23.2 Å². The Kier molecular flexibility index (Phi) is 6.08. The van der Waals surface area contributed by atoms with Gasteiger partial charge in [-0.1, -0.05) is 29.3 Å². The number of carbonyl (C=O) groups is 1. The van der Waals surface area contributed by atoms with E-state index in [0.717, 1.165) is 31.7 Å². The second kappa shape index (κ2) is 8.91. The van der Waals surface area contributed by atoms with Gasteiger partial charge in [-0.05, 0) is 62.3 Å². The average Bonchev–Trinajstić information content (AvgIpc) is 3.14. The molecule has 1 aliphatic heterocycles. The number of benzene rings is 2. The van der Waals surface area contributed by atoms with Crippen LogP contribution < -0.4 is 21.1 Å². The monoisotopic (exact) mass is 446 g/mol. The highest BCUT2D eigenvalue weighted by atomic mass is 35.5. The molecule has 0 unspecified atom stereocenters. The first-order valence-electron chi connectivity index (χ1n) is 9.47. The molecule has 0 saturated carbocycles. The van der Waals surface area contributed by atoms with Crippen LogP contribution in [0.15, 0.2) is 42.5 Å². The van der Waals surface area contributed by atoms with Gasteiger partial charge in [-0.2, -0.15) is 0 Å². The molecule has 1 aromatic heterocycles. The van der Waals surface area contributed by atoms with Gasteiger partial charge < -0.3 is 21.1 Å². The van der Waals surface area contributed by atoms with Crippen LogP contribution in [0.1, 0.15) is 23.3 Å². The fourth-order valence-electron chi connectivity index (χ4n) is 3.20. The third-order valence-electron chi connectivity index (χ3n) is 4.69. The SMILES string of the molecule is NC(=O)c1nn(-c2c(Cl)cccc2Cl)nc1Nc1ccc(OC2CCNCC2)cc1. The summed E-state index contributed by atoms with van der Waals surface area (Å²) >= 11 is 12.4. The van der Waals surface area contributed by atoms with Crippen molar-refractivity contribution in [3.05, 3.63) is 58.2 Å². The summed E-state index contributed by atoms with van der Waals surface area (Å²) in [5.74, 6) is 0.261. The maximum Gasteiger partial charge on any atom is 0.273 e. The number of halogens is 2. The minimum absolute atomic E-state index is 0.0268. The van der Waals surface area contributed by atoms with Crippen molar-refractivity contribution >= 4 is 40.6 Å². The number of aromatic nitrogens is 3. The third kappa shape index (κ3) is 4.51. The van der Waals surface area contributed by atoms with Gasteiger partial charge in [0.25, 0.3) is 5.91 Å². The number of para-hydroxylation sites is 1. The van der Waals surface area contributed by atoms with Gasteiger partial charge in [0.2, 0.25) is 0 Å². The molecular weight excluding hydrogens is 427 g/mol. The van der Waals surface area contributed by atoms with Gasteiger partial charge in [0.05, 0.1) is 10.0 Å². The summed E-state index contributed by atoms with van der Waals surface area (Å²) in [7, 11) is 0. The summed E-state index contributed by atoms with van der Waals surface area (Å²) in [5.41, 5.74) is 6.52. The Morgan fingerprint density at radius 2 is 1.77 bits per heavy atom. The van der Waals surface area contributed by atoms with E-state index in [1.165, 1.54) is 4.80 Å². The number of nitrogens with two attached hydrogens (primary N) is 1. The van der Waals surface area contributed by atoms with Crippen LogP contribution in [0.5, 0.6) is 5.75 Å². The Morgan fingerprint density at radius 1 is 1.10 bits per heavy atom. The second-order valence-electron chi connectivity index (χ2n) is 6.84. The van der Waals surface area contributed by atoms with Crippen molar-refractivity contribution in [1.29, 1.82) is 0 Å². The summed E-state index contributed by atoms with van der Waals surface area (Å²) in [4.78, 5) is 13.1. The van der Waals surface area contributed by atoms with E-state index in [-0.39, 0.29) is 17.6 Å². The van der Waals surface area contributed by atoms with Gasteiger partial charge in [0, 0.05) is 5.69 Å². The number of nitrogens with one attached hydrogen (secondary N) is 2. The summed E-state index contributed by atoms with van der Waals surface area (Å²) < 4.78 is 6.01. The zero-order chi connectivity index (χ0) is 21.1. The van der Waals surface area contributed by atoms with Gasteiger partial charge in [0.1, 0.15) is 17.5 Å². The quantitative estimate of drug-likeness (QED) is 0.534. The van der Waals surface area contributed by atoms with E-state index in [0.29, 0.717) is 21.4 Å². The lowest BCUT2D eigenvalue weighted by atomic mass is 10.1. The number of rotatable bonds is 6. The van der Waals surface area contributed by atoms with Crippen molar-refractivity contribution in [2.24, 2.45) is 5.73 Å². The number of amides is 1. The highest BCUT2D eigenvalue weighted by Gasteiger charge is 2.20. The van der Waals surface area contributed by atoms with E-state index in [4.69, 9.17) is 33.7 Å². The molecule has 4 N–H and O–H groups in total. The lowest BCUT2D eigenvalue weighted by Crippen LogP contribution is -2.34. The summed E-state index contributed by atoms with van der Waals surface area (Å²) in [6, 6.07) is 12.4. The molecule has 3 aromatic rings. The van der Waals surface area contributed by atoms with Gasteiger partial charge in [-0.25, -0.2) is 0 Å². The molecule has 0 radical (unpaired) electrons. The van der Waals surface area contributed by atoms with Crippen LogP contribution in [0.4, 0.5) is 11.5 Å². The molecule has 0 spiro atoms. The number of primary amides is 1. The second-order valence-corrected chi connectivity index (χ2v) is 7.65. The molecule has 8 nitrogen and oxygen atoms in total. The molecule has 10 heteroatoms. The van der Waals surface area contributed by atoms with Crippen LogP contribution in [0.3, 0.4) is 0 Å². The van der Waals surface area contributed by atoms with Crippen LogP contribution in [0.2, 0.25) is 10.0 Å². The standard InChI is InChI=1S/C20H20Cl2N6O2/c21-15-2-1-3-16(22)18(15)28-26-17(19(23)29)20(27-28)25-12-4-6-13(7-5-12)30-14-8-10-24-11-9-14/h1-7,14,24H,8-11H2,(H2,23,29)(H,25,27). The lowest BCUT2D eigenvalue weighted by molar-refractivity contribution is 0.0996. The molecule has 2 heterocycles. The van der Waals surface area contributed by atoms with Crippen LogP contribution in [-0.2, 0) is 0 Å². The van der Waals surface area contributed by atoms with Gasteiger partial charge in [-0.3, -0.25) is 4.79 Å². The predicted molar refractivity (Wildman–Crippen MR) is 116 cm³/mol. The van der Waals surface area contributed by atoms with Gasteiger partial charge >= 0.3 is 0 Å². The minimum atomic E-state index is -0.724. The van der Waals surface area contributed by atoms with Gasteiger partial charge in [0.15, 0.2) is 11.5 Å². The summed E-state index contributed by atoms with van der Waals surface area (Å²) in [6.45, 7) is 1.93. The van der Waals surface area contributed by atoms with Crippen molar-refractivity contribution in [3.63, 3.8) is 0 Å². The third-order valence-corrected chi connectivity index (χ3v) is 5.30. The van der Waals surface area contributed by atoms with Crippen molar-refractivity contribution in [2.75, 3.05) is 18.4 Å². The topological polar surface area (TPSA) is 107 Å². The first-order valence-corrected chi connectivity index (χ1v) is 10.2. The van der Waals surface area contributed by atoms with Gasteiger partial charge in [-0.15, -0.1) is 15.0 Å². The first-order chi connectivity index (χ1) is 14.5. The molecule has 1 saturated heterocycles. The van der Waals surface area contributed by atoms with Crippen molar-refractivity contribution < 1.29 is 9.53 Å². The molecule has 0 bridgehead atoms. The molecular formula is C20H20Cl2N6O2. The van der Waals surface area contributed by atoms with E-state index in [1.54, 1.807) is 18.2 Å². The van der Waals surface area contributed by atoms with Crippen molar-refractivity contribution in [3.8, 4) is 11.4 Å². The molecule has 30 heavy (non-hydrogen) atoms. The first kappa shape index (κ1) is 20.5. The van der Waals surface area contributed by atoms with Crippen LogP contribution in [0.25, 0.3) is 5.69 Å². The Balaban J connectivity index is 1.55. The molecule has 1 aliphatic rings. The smallest absolute Gasteiger partial charge is 0.273 e. The number of anilines is 2. The Labute approximate surface area is 183 Å². The average molecular weight is 447 g/mol. The molecule has 0 aliphatic carbocycles. The normalized spacial score (nSPS) is 14.5. The summed E-state index contributed by atoms with van der Waals surface area (Å²) in [6.07, 6.45) is 2.18. The molecule has 156 valence electrons. The van der Waals surface area contributed by atoms with E-state index >= 15 is 0 Å². The van der Waals surface area contributed by atoms with Crippen LogP contribution in [0, 0.1) is 0 Å². The van der Waals surface area contributed by atoms with E-state index < -0.39 is 5.91 Å². The Bertz CT molecular complexity index is 1030. The lowest BCUT2D eigenvalue weighted by Gasteiger charge is -2.23. The molecule has 4 rings (SSSR count). The van der Waals surface area contributed by atoms with E-state index in [9.17, 15) is 4.79 Å². The van der Waals surface area contributed by atoms with E-state index in [2.05, 4.69) is 20.8 Å². The van der Waals surface area contributed by atoms with Crippen molar-refractivity contribution in [1.82, 2.24) is 20.3 Å². The number of carbonyl (C=O) groups excluding carboxylic acids is 1. The fourth-order valence-corrected chi connectivity index (χ4v) is 3.74. The largest absolute Gasteiger partial charge is 0.490 e. The number of hydrogen-bond acceptors (Lipinski definition) is 6. The maximum absolute atomic E-state index is 11.9. The van der Waals surface area contributed by atoms with E-state index in [1.807, 2.05) is 24.3 Å². The highest BCUT2D eigenvalue weighted by Crippen LogP contribution is 2.29. The number of piperidine rings is 1. The Morgan fingerprint density at radius 3 is 2.40 bits per heavy atom. The molecule has 0 atom stereocenters. The Hall–Kier alpha value is -2.81. The number of nitrogens with zero attached hydrogens (tertiary/aromatic N) is 3. The predicted octanol–water partition coefficient (Wildman–Crippen LogP) is 3.55. The molecule has 1 amide bonds. The van der Waals surface area contributed by atoms with Crippen molar-refractivity contribution in [2.45, 2.75) is 18.9 Å². The maximum atomic E-state index is 11.9. The number of ether oxygens (including phenoxy) is 1. The minimum Gasteiger partial charge on any atom is -0.490 e. The fraction of sp³-hybridized carbons (Fsp3) is 0.250.